The second kappa shape index (κ2) is 8.61. The monoisotopic (exact) mass is 454 g/mol. The van der Waals surface area contributed by atoms with Gasteiger partial charge in [-0.05, 0) is 53.1 Å². The van der Waals surface area contributed by atoms with Crippen molar-refractivity contribution >= 4 is 11.7 Å². The maximum atomic E-state index is 14.0. The summed E-state index contributed by atoms with van der Waals surface area (Å²) in [6.07, 6.45) is -6.94. The number of hydrogen-bond donors (Lipinski definition) is 3. The van der Waals surface area contributed by atoms with Crippen molar-refractivity contribution in [3.05, 3.63) is 58.4 Å². The maximum absolute atomic E-state index is 14.0. The van der Waals surface area contributed by atoms with Crippen molar-refractivity contribution in [3.8, 4) is 5.75 Å². The first-order valence-electron chi connectivity index (χ1n) is 10.1. The molecule has 0 fully saturated rings. The number of hydrogen-bond acceptors (Lipinski definition) is 3. The number of alkyl halides is 3. The smallest absolute Gasteiger partial charge is 0.418 e. The zero-order valence-corrected chi connectivity index (χ0v) is 18.2. The molecule has 0 radical (unpaired) electrons. The van der Waals surface area contributed by atoms with E-state index < -0.39 is 29.3 Å². The third-order valence-corrected chi connectivity index (χ3v) is 5.51. The van der Waals surface area contributed by atoms with Crippen molar-refractivity contribution < 1.29 is 32.2 Å². The van der Waals surface area contributed by atoms with E-state index in [0.717, 1.165) is 12.7 Å². The van der Waals surface area contributed by atoms with E-state index in [1.165, 1.54) is 18.2 Å². The van der Waals surface area contributed by atoms with Gasteiger partial charge in [0.05, 0.1) is 12.8 Å². The molecule has 0 spiro atoms. The third kappa shape index (κ3) is 4.98. The lowest BCUT2D eigenvalue weighted by Crippen LogP contribution is -2.38. The number of amides is 2. The molecule has 1 aliphatic carbocycles. The van der Waals surface area contributed by atoms with Crippen LogP contribution in [0.1, 0.15) is 49.1 Å². The molecule has 0 aromatic heterocycles. The Morgan fingerprint density at radius 3 is 2.44 bits per heavy atom. The van der Waals surface area contributed by atoms with E-state index in [4.69, 9.17) is 4.74 Å². The van der Waals surface area contributed by atoms with Gasteiger partial charge in [0, 0.05) is 11.6 Å². The molecule has 2 aromatic rings. The standard InChI is InChI=1S/C23H26F4N2O3/c1-22(2,3)13-9-16(20(30)23(25,26)27)19(32-4)18(10-13)29-21(31)28-14-8-12-6-5-7-17(24)15(12)11-14/h5-7,9-10,14,20,30H,8,11H2,1-4H3,(H2,28,29,31)/t14-,20+/m0/s1. The normalized spacial score (nSPS) is 17.0. The quantitative estimate of drug-likeness (QED) is 0.569. The summed E-state index contributed by atoms with van der Waals surface area (Å²) in [5, 5.41) is 15.2. The molecule has 0 aliphatic heterocycles. The van der Waals surface area contributed by atoms with Gasteiger partial charge in [-0.25, -0.2) is 9.18 Å². The molecule has 5 nitrogen and oxygen atoms in total. The molecule has 32 heavy (non-hydrogen) atoms. The van der Waals surface area contributed by atoms with E-state index in [1.54, 1.807) is 32.9 Å². The first-order chi connectivity index (χ1) is 14.8. The summed E-state index contributed by atoms with van der Waals surface area (Å²) < 4.78 is 58.9. The van der Waals surface area contributed by atoms with Crippen LogP contribution in [0.15, 0.2) is 30.3 Å². The molecule has 0 unspecified atom stereocenters. The maximum Gasteiger partial charge on any atom is 0.418 e. The van der Waals surface area contributed by atoms with Gasteiger partial charge in [0.25, 0.3) is 0 Å². The first kappa shape index (κ1) is 23.8. The SMILES string of the molecule is COc1c(NC(=O)N[C@H]2Cc3cccc(F)c3C2)cc(C(C)(C)C)cc1[C@@H](O)C(F)(F)F. The Bertz CT molecular complexity index is 1020. The molecule has 0 saturated carbocycles. The lowest BCUT2D eigenvalue weighted by atomic mass is 9.84. The fourth-order valence-corrected chi connectivity index (χ4v) is 3.84. The van der Waals surface area contributed by atoms with Gasteiger partial charge in [-0.3, -0.25) is 0 Å². The molecule has 3 N–H and O–H groups in total. The number of benzene rings is 2. The molecular formula is C23H26F4N2O3. The van der Waals surface area contributed by atoms with Crippen molar-refractivity contribution in [1.29, 1.82) is 0 Å². The van der Waals surface area contributed by atoms with Crippen LogP contribution in [0.5, 0.6) is 5.75 Å². The Kier molecular flexibility index (Phi) is 6.42. The molecule has 174 valence electrons. The van der Waals surface area contributed by atoms with Gasteiger partial charge in [0.15, 0.2) is 6.10 Å². The van der Waals surface area contributed by atoms with Crippen LogP contribution in [0.2, 0.25) is 0 Å². The minimum absolute atomic E-state index is 0.00239. The highest BCUT2D eigenvalue weighted by Gasteiger charge is 2.42. The van der Waals surface area contributed by atoms with Gasteiger partial charge in [0.2, 0.25) is 0 Å². The zero-order valence-electron chi connectivity index (χ0n) is 18.2. The molecule has 9 heteroatoms. The Morgan fingerprint density at radius 2 is 1.88 bits per heavy atom. The molecule has 0 bridgehead atoms. The largest absolute Gasteiger partial charge is 0.494 e. The second-order valence-electron chi connectivity index (χ2n) is 8.92. The number of methoxy groups -OCH3 is 1. The van der Waals surface area contributed by atoms with Crippen LogP contribution in [0.4, 0.5) is 28.0 Å². The van der Waals surface area contributed by atoms with Crippen LogP contribution in [0.3, 0.4) is 0 Å². The summed E-state index contributed by atoms with van der Waals surface area (Å²) in [5.74, 6) is -0.615. The van der Waals surface area contributed by atoms with Crippen molar-refractivity contribution in [3.63, 3.8) is 0 Å². The van der Waals surface area contributed by atoms with Crippen molar-refractivity contribution in [2.75, 3.05) is 12.4 Å². The summed E-state index contributed by atoms with van der Waals surface area (Å²) in [4.78, 5) is 12.7. The summed E-state index contributed by atoms with van der Waals surface area (Å²) in [6.45, 7) is 5.39. The number of urea groups is 1. The van der Waals surface area contributed by atoms with Crippen LogP contribution < -0.4 is 15.4 Å². The first-order valence-corrected chi connectivity index (χ1v) is 10.1. The van der Waals surface area contributed by atoms with Crippen LogP contribution in [0.25, 0.3) is 0 Å². The molecule has 0 heterocycles. The summed E-state index contributed by atoms with van der Waals surface area (Å²) in [5.41, 5.74) is 0.765. The molecule has 3 rings (SSSR count). The zero-order chi connectivity index (χ0) is 23.8. The molecule has 2 amide bonds. The average molecular weight is 454 g/mol. The van der Waals surface area contributed by atoms with E-state index in [2.05, 4.69) is 10.6 Å². The second-order valence-corrected chi connectivity index (χ2v) is 8.92. The Hall–Kier alpha value is -2.81. The van der Waals surface area contributed by atoms with E-state index in [0.29, 0.717) is 24.0 Å². The van der Waals surface area contributed by atoms with Gasteiger partial charge >= 0.3 is 12.2 Å². The number of halogens is 4. The molecule has 2 atom stereocenters. The van der Waals surface area contributed by atoms with Gasteiger partial charge in [-0.15, -0.1) is 0 Å². The minimum Gasteiger partial charge on any atom is -0.494 e. The molecule has 1 aliphatic rings. The lowest BCUT2D eigenvalue weighted by molar-refractivity contribution is -0.207. The molecule has 0 saturated heterocycles. The number of aliphatic hydroxyl groups excluding tert-OH is 1. The van der Waals surface area contributed by atoms with E-state index in [1.807, 2.05) is 0 Å². The number of aliphatic hydroxyl groups is 1. The van der Waals surface area contributed by atoms with Gasteiger partial charge in [-0.2, -0.15) is 13.2 Å². The Morgan fingerprint density at radius 1 is 1.19 bits per heavy atom. The topological polar surface area (TPSA) is 70.6 Å². The summed E-state index contributed by atoms with van der Waals surface area (Å²) >= 11 is 0. The predicted octanol–water partition coefficient (Wildman–Crippen LogP) is 5.02. The Balaban J connectivity index is 1.88. The van der Waals surface area contributed by atoms with Gasteiger partial charge < -0.3 is 20.5 Å². The van der Waals surface area contributed by atoms with Gasteiger partial charge in [-0.1, -0.05) is 32.9 Å². The summed E-state index contributed by atoms with van der Waals surface area (Å²) in [6, 6.07) is 6.48. The van der Waals surface area contributed by atoms with E-state index in [-0.39, 0.29) is 23.3 Å². The summed E-state index contributed by atoms with van der Waals surface area (Å²) in [7, 11) is 1.16. The highest BCUT2D eigenvalue weighted by Crippen LogP contribution is 2.43. The number of carbonyl (C=O) groups is 1. The van der Waals surface area contributed by atoms with Crippen LogP contribution >= 0.6 is 0 Å². The fraction of sp³-hybridized carbons (Fsp3) is 0.435. The highest BCUT2D eigenvalue weighted by molar-refractivity contribution is 5.92. The number of rotatable bonds is 4. The molecular weight excluding hydrogens is 428 g/mol. The number of ether oxygens (including phenoxy) is 1. The number of anilines is 1. The lowest BCUT2D eigenvalue weighted by Gasteiger charge is -2.26. The third-order valence-electron chi connectivity index (χ3n) is 5.51. The predicted molar refractivity (Wildman–Crippen MR) is 112 cm³/mol. The minimum atomic E-state index is -4.91. The van der Waals surface area contributed by atoms with Crippen molar-refractivity contribution in [2.24, 2.45) is 0 Å². The highest BCUT2D eigenvalue weighted by atomic mass is 19.4. The van der Waals surface area contributed by atoms with E-state index >= 15 is 0 Å². The molecule has 2 aromatic carbocycles. The number of nitrogens with one attached hydrogen (secondary N) is 2. The van der Waals surface area contributed by atoms with Gasteiger partial charge in [0.1, 0.15) is 11.6 Å². The van der Waals surface area contributed by atoms with Crippen molar-refractivity contribution in [2.45, 2.75) is 57.3 Å². The Labute approximate surface area is 183 Å². The average Bonchev–Trinajstić information content (AvgIpc) is 3.09. The van der Waals surface area contributed by atoms with Crippen LogP contribution in [-0.4, -0.2) is 30.5 Å². The number of fused-ring (bicyclic) bond motifs is 1. The van der Waals surface area contributed by atoms with Crippen molar-refractivity contribution in [1.82, 2.24) is 5.32 Å². The number of carbonyl (C=O) groups excluding carboxylic acids is 1. The van der Waals surface area contributed by atoms with Crippen LogP contribution in [-0.2, 0) is 18.3 Å². The van der Waals surface area contributed by atoms with Crippen LogP contribution in [0, 0.1) is 5.82 Å². The fourth-order valence-electron chi connectivity index (χ4n) is 3.84. The van der Waals surface area contributed by atoms with E-state index in [9.17, 15) is 27.5 Å².